The van der Waals surface area contributed by atoms with E-state index in [9.17, 15) is 14.4 Å². The van der Waals surface area contributed by atoms with E-state index in [0.29, 0.717) is 17.6 Å². The zero-order valence-corrected chi connectivity index (χ0v) is 21.8. The number of esters is 1. The number of methoxy groups -OCH3 is 1. The van der Waals surface area contributed by atoms with Gasteiger partial charge in [0.25, 0.3) is 0 Å². The lowest BCUT2D eigenvalue weighted by Crippen LogP contribution is -2.44. The van der Waals surface area contributed by atoms with Gasteiger partial charge in [0, 0.05) is 23.7 Å². The van der Waals surface area contributed by atoms with Crippen LogP contribution < -0.4 is 15.5 Å². The number of fused-ring (bicyclic) bond motifs is 1. The van der Waals surface area contributed by atoms with Gasteiger partial charge in [0.1, 0.15) is 0 Å². The average molecular weight is 502 g/mol. The maximum atomic E-state index is 13.8. The number of allylic oxidation sites excluding steroid dienone is 1. The van der Waals surface area contributed by atoms with Crippen LogP contribution >= 0.6 is 0 Å². The fourth-order valence-electron chi connectivity index (χ4n) is 5.99. The van der Waals surface area contributed by atoms with E-state index >= 15 is 0 Å². The standard InChI is InChI=1S/C30H35N3O4/c1-30(2)16-23-27(25(34)17-30)28(19-12-14-20(15-13-19)29(36)37-3)33(24-11-7-6-10-22(24)32-23)18-26(35)31-21-8-4-5-9-21/h6-7,10-15,21,28,32H,4-5,8-9,16-18H2,1-3H3,(H,31,35). The Morgan fingerprint density at radius 3 is 2.46 bits per heavy atom. The molecule has 7 heteroatoms. The Hall–Kier alpha value is -3.61. The first-order chi connectivity index (χ1) is 17.8. The molecule has 1 unspecified atom stereocenters. The smallest absolute Gasteiger partial charge is 0.337 e. The SMILES string of the molecule is COC(=O)c1ccc(C2C3=C(CC(C)(C)CC3=O)Nc3ccccc3N2CC(=O)NC2CCCC2)cc1. The molecule has 0 radical (unpaired) electrons. The molecular formula is C30H35N3O4. The van der Waals surface area contributed by atoms with E-state index in [2.05, 4.69) is 24.5 Å². The average Bonchev–Trinajstić information content (AvgIpc) is 3.33. The minimum Gasteiger partial charge on any atom is -0.465 e. The van der Waals surface area contributed by atoms with Crippen molar-refractivity contribution in [3.05, 3.63) is 70.9 Å². The van der Waals surface area contributed by atoms with Crippen molar-refractivity contribution in [1.82, 2.24) is 5.32 Å². The van der Waals surface area contributed by atoms with Gasteiger partial charge in [-0.3, -0.25) is 9.59 Å². The molecule has 7 nitrogen and oxygen atoms in total. The summed E-state index contributed by atoms with van der Waals surface area (Å²) in [5, 5.41) is 6.79. The Kier molecular flexibility index (Phi) is 6.80. The zero-order chi connectivity index (χ0) is 26.2. The van der Waals surface area contributed by atoms with E-state index in [1.54, 1.807) is 12.1 Å². The van der Waals surface area contributed by atoms with Gasteiger partial charge >= 0.3 is 5.97 Å². The van der Waals surface area contributed by atoms with Gasteiger partial charge in [0.05, 0.1) is 36.6 Å². The molecule has 2 aliphatic carbocycles. The number of carbonyl (C=O) groups is 3. The second-order valence-corrected chi connectivity index (χ2v) is 11.2. The first-order valence-corrected chi connectivity index (χ1v) is 13.1. The molecule has 2 aromatic rings. The molecule has 0 saturated heterocycles. The van der Waals surface area contributed by atoms with E-state index in [4.69, 9.17) is 4.74 Å². The zero-order valence-electron chi connectivity index (χ0n) is 21.8. The largest absolute Gasteiger partial charge is 0.465 e. The fourth-order valence-corrected chi connectivity index (χ4v) is 5.99. The molecule has 1 amide bonds. The van der Waals surface area contributed by atoms with Crippen molar-refractivity contribution < 1.29 is 19.1 Å². The summed E-state index contributed by atoms with van der Waals surface area (Å²) in [6.07, 6.45) is 5.44. The maximum Gasteiger partial charge on any atom is 0.337 e. The summed E-state index contributed by atoms with van der Waals surface area (Å²) < 4.78 is 4.88. The second kappa shape index (κ2) is 10.0. The monoisotopic (exact) mass is 501 g/mol. The quantitative estimate of drug-likeness (QED) is 0.551. The first kappa shape index (κ1) is 25.1. The first-order valence-electron chi connectivity index (χ1n) is 13.1. The number of rotatable bonds is 5. The lowest BCUT2D eigenvalue weighted by molar-refractivity contribution is -0.121. The van der Waals surface area contributed by atoms with Gasteiger partial charge in [-0.05, 0) is 54.5 Å². The van der Waals surface area contributed by atoms with Crippen molar-refractivity contribution in [2.45, 2.75) is 64.5 Å². The van der Waals surface area contributed by atoms with Crippen LogP contribution in [0.5, 0.6) is 0 Å². The maximum absolute atomic E-state index is 13.8. The van der Waals surface area contributed by atoms with Crippen molar-refractivity contribution in [2.75, 3.05) is 23.9 Å². The Bertz CT molecular complexity index is 1240. The van der Waals surface area contributed by atoms with E-state index in [-0.39, 0.29) is 29.7 Å². The molecule has 1 heterocycles. The van der Waals surface area contributed by atoms with E-state index < -0.39 is 12.0 Å². The highest BCUT2D eigenvalue weighted by atomic mass is 16.5. The number of nitrogens with one attached hydrogen (secondary N) is 2. The summed E-state index contributed by atoms with van der Waals surface area (Å²) in [7, 11) is 1.36. The summed E-state index contributed by atoms with van der Waals surface area (Å²) in [6, 6.07) is 14.8. The Balaban J connectivity index is 1.62. The highest BCUT2D eigenvalue weighted by molar-refractivity contribution is 6.02. The van der Waals surface area contributed by atoms with Crippen LogP contribution in [-0.4, -0.2) is 37.4 Å². The number of benzene rings is 2. The molecule has 1 aliphatic heterocycles. The topological polar surface area (TPSA) is 87.7 Å². The van der Waals surface area contributed by atoms with Crippen LogP contribution in [0.15, 0.2) is 59.8 Å². The molecule has 194 valence electrons. The molecular weight excluding hydrogens is 466 g/mol. The van der Waals surface area contributed by atoms with Crippen LogP contribution in [0.25, 0.3) is 0 Å². The van der Waals surface area contributed by atoms with E-state index in [1.165, 1.54) is 7.11 Å². The van der Waals surface area contributed by atoms with Crippen LogP contribution in [0.4, 0.5) is 11.4 Å². The van der Waals surface area contributed by atoms with Crippen molar-refractivity contribution in [3.8, 4) is 0 Å². The van der Waals surface area contributed by atoms with Gasteiger partial charge in [-0.25, -0.2) is 4.79 Å². The Labute approximate surface area is 218 Å². The molecule has 1 atom stereocenters. The summed E-state index contributed by atoms with van der Waals surface area (Å²) in [5.41, 5.74) is 4.44. The molecule has 2 aromatic carbocycles. The summed E-state index contributed by atoms with van der Waals surface area (Å²) in [6.45, 7) is 4.34. The predicted molar refractivity (Wildman–Crippen MR) is 143 cm³/mol. The van der Waals surface area contributed by atoms with Gasteiger partial charge in [0.2, 0.25) is 5.91 Å². The highest BCUT2D eigenvalue weighted by Gasteiger charge is 2.42. The van der Waals surface area contributed by atoms with Gasteiger partial charge in [-0.15, -0.1) is 0 Å². The summed E-state index contributed by atoms with van der Waals surface area (Å²) in [4.78, 5) is 41.2. The van der Waals surface area contributed by atoms with Crippen molar-refractivity contribution in [3.63, 3.8) is 0 Å². The third kappa shape index (κ3) is 5.13. The number of ether oxygens (including phenoxy) is 1. The number of Topliss-reactive ketones (excluding diaryl/α,β-unsaturated/α-hetero) is 1. The summed E-state index contributed by atoms with van der Waals surface area (Å²) >= 11 is 0. The predicted octanol–water partition coefficient (Wildman–Crippen LogP) is 5.15. The van der Waals surface area contributed by atoms with Gasteiger partial charge in [-0.2, -0.15) is 0 Å². The van der Waals surface area contributed by atoms with E-state index in [1.807, 2.05) is 41.3 Å². The van der Waals surface area contributed by atoms with Crippen molar-refractivity contribution >= 4 is 29.0 Å². The number of para-hydroxylation sites is 2. The third-order valence-corrected chi connectivity index (χ3v) is 7.69. The molecule has 0 aromatic heterocycles. The molecule has 0 bridgehead atoms. The minimum absolute atomic E-state index is 0.0504. The van der Waals surface area contributed by atoms with Gasteiger partial charge in [-0.1, -0.05) is 51.0 Å². The highest BCUT2D eigenvalue weighted by Crippen LogP contribution is 2.48. The van der Waals surface area contributed by atoms with Crippen LogP contribution in [-0.2, 0) is 14.3 Å². The number of ketones is 1. The van der Waals surface area contributed by atoms with Crippen LogP contribution in [0.2, 0.25) is 0 Å². The number of nitrogens with zero attached hydrogens (tertiary/aromatic N) is 1. The Morgan fingerprint density at radius 2 is 1.76 bits per heavy atom. The van der Waals surface area contributed by atoms with Crippen LogP contribution in [0.3, 0.4) is 0 Å². The third-order valence-electron chi connectivity index (χ3n) is 7.69. The molecule has 1 saturated carbocycles. The second-order valence-electron chi connectivity index (χ2n) is 11.2. The minimum atomic E-state index is -0.476. The number of hydrogen-bond donors (Lipinski definition) is 2. The van der Waals surface area contributed by atoms with Gasteiger partial charge < -0.3 is 20.3 Å². The molecule has 37 heavy (non-hydrogen) atoms. The van der Waals surface area contributed by atoms with Crippen molar-refractivity contribution in [2.24, 2.45) is 5.41 Å². The lowest BCUT2D eigenvalue weighted by atomic mass is 9.73. The molecule has 5 rings (SSSR count). The number of carbonyl (C=O) groups excluding carboxylic acids is 3. The van der Waals surface area contributed by atoms with Crippen molar-refractivity contribution in [1.29, 1.82) is 0 Å². The van der Waals surface area contributed by atoms with Gasteiger partial charge in [0.15, 0.2) is 5.78 Å². The lowest BCUT2D eigenvalue weighted by Gasteiger charge is -2.38. The van der Waals surface area contributed by atoms with Crippen LogP contribution in [0, 0.1) is 5.41 Å². The number of hydrogen-bond acceptors (Lipinski definition) is 6. The number of anilines is 2. The molecule has 0 spiro atoms. The normalized spacial score (nSPS) is 21.0. The van der Waals surface area contributed by atoms with Crippen LogP contribution in [0.1, 0.15) is 74.3 Å². The van der Waals surface area contributed by atoms with E-state index in [0.717, 1.165) is 54.7 Å². The summed E-state index contributed by atoms with van der Waals surface area (Å²) in [5.74, 6) is -0.386. The fraction of sp³-hybridized carbons (Fsp3) is 0.433. The number of amides is 1. The Morgan fingerprint density at radius 1 is 1.05 bits per heavy atom. The molecule has 1 fully saturated rings. The molecule has 3 aliphatic rings. The molecule has 2 N–H and O–H groups in total.